The van der Waals surface area contributed by atoms with Crippen molar-refractivity contribution in [1.82, 2.24) is 0 Å². The zero-order valence-electron chi connectivity index (χ0n) is 6.50. The van der Waals surface area contributed by atoms with Gasteiger partial charge in [0.2, 0.25) is 0 Å². The molecule has 62 valence electrons. The van der Waals surface area contributed by atoms with E-state index in [4.69, 9.17) is 0 Å². The van der Waals surface area contributed by atoms with Gasteiger partial charge in [-0.1, -0.05) is 18.2 Å². The highest BCUT2D eigenvalue weighted by atomic mass is 19.1. The van der Waals surface area contributed by atoms with E-state index in [1.165, 1.54) is 25.1 Å². The third-order valence-electron chi connectivity index (χ3n) is 1.52. The van der Waals surface area contributed by atoms with E-state index in [9.17, 15) is 14.0 Å². The molecule has 0 heterocycles. The SMILES string of the molecule is CC(=O)c1ccccc1C(=O)F. The highest BCUT2D eigenvalue weighted by Crippen LogP contribution is 2.10. The van der Waals surface area contributed by atoms with Crippen LogP contribution in [0.4, 0.5) is 4.39 Å². The number of carbonyl (C=O) groups is 2. The summed E-state index contributed by atoms with van der Waals surface area (Å²) in [5.74, 6) is -0.309. The van der Waals surface area contributed by atoms with Crippen molar-refractivity contribution in [3.05, 3.63) is 35.4 Å². The van der Waals surface area contributed by atoms with Gasteiger partial charge in [-0.05, 0) is 13.0 Å². The summed E-state index contributed by atoms with van der Waals surface area (Å²) >= 11 is 0. The summed E-state index contributed by atoms with van der Waals surface area (Å²) < 4.78 is 12.3. The van der Waals surface area contributed by atoms with Crippen LogP contribution in [0, 0.1) is 0 Å². The van der Waals surface area contributed by atoms with Gasteiger partial charge in [0, 0.05) is 5.56 Å². The van der Waals surface area contributed by atoms with E-state index in [1.807, 2.05) is 0 Å². The molecule has 0 aromatic heterocycles. The van der Waals surface area contributed by atoms with Crippen LogP contribution in [0.15, 0.2) is 24.3 Å². The summed E-state index contributed by atoms with van der Waals surface area (Å²) in [6.45, 7) is 1.29. The Balaban J connectivity index is 3.27. The van der Waals surface area contributed by atoms with Crippen molar-refractivity contribution in [2.24, 2.45) is 0 Å². The Morgan fingerprint density at radius 3 is 2.00 bits per heavy atom. The second-order valence-electron chi connectivity index (χ2n) is 2.38. The van der Waals surface area contributed by atoms with Gasteiger partial charge < -0.3 is 0 Å². The summed E-state index contributed by atoms with van der Waals surface area (Å²) in [5, 5.41) is 0. The van der Waals surface area contributed by atoms with Gasteiger partial charge in [0.25, 0.3) is 0 Å². The van der Waals surface area contributed by atoms with Gasteiger partial charge in [-0.3, -0.25) is 9.59 Å². The molecule has 0 aliphatic rings. The predicted molar refractivity (Wildman–Crippen MR) is 41.9 cm³/mol. The number of ketones is 1. The Bertz CT molecular complexity index is 298. The van der Waals surface area contributed by atoms with E-state index < -0.39 is 6.04 Å². The lowest BCUT2D eigenvalue weighted by Gasteiger charge is -1.98. The molecule has 1 aromatic rings. The zero-order chi connectivity index (χ0) is 9.14. The maximum Gasteiger partial charge on any atom is 0.332 e. The van der Waals surface area contributed by atoms with Gasteiger partial charge in [0.05, 0.1) is 5.56 Å². The highest BCUT2D eigenvalue weighted by molar-refractivity contribution is 6.04. The van der Waals surface area contributed by atoms with Gasteiger partial charge >= 0.3 is 6.04 Å². The van der Waals surface area contributed by atoms with Crippen molar-refractivity contribution >= 4 is 11.8 Å². The van der Waals surface area contributed by atoms with E-state index in [0.29, 0.717) is 0 Å². The Morgan fingerprint density at radius 2 is 1.67 bits per heavy atom. The minimum Gasteiger partial charge on any atom is -0.294 e. The largest absolute Gasteiger partial charge is 0.332 e. The van der Waals surface area contributed by atoms with Gasteiger partial charge in [-0.2, -0.15) is 4.39 Å². The molecule has 0 fully saturated rings. The van der Waals surface area contributed by atoms with E-state index in [2.05, 4.69) is 0 Å². The van der Waals surface area contributed by atoms with E-state index in [-0.39, 0.29) is 16.9 Å². The normalized spacial score (nSPS) is 9.50. The summed E-state index contributed by atoms with van der Waals surface area (Å²) in [7, 11) is 0. The third kappa shape index (κ3) is 1.56. The van der Waals surface area contributed by atoms with E-state index in [0.717, 1.165) is 0 Å². The number of hydrogen-bond acceptors (Lipinski definition) is 2. The Kier molecular flexibility index (Phi) is 2.33. The first kappa shape index (κ1) is 8.59. The van der Waals surface area contributed by atoms with Crippen molar-refractivity contribution in [2.75, 3.05) is 0 Å². The lowest BCUT2D eigenvalue weighted by molar-refractivity contribution is 0.0829. The first-order valence-corrected chi connectivity index (χ1v) is 3.42. The molecule has 12 heavy (non-hydrogen) atoms. The molecule has 0 atom stereocenters. The van der Waals surface area contributed by atoms with Crippen LogP contribution in [-0.4, -0.2) is 11.8 Å². The number of rotatable bonds is 2. The average molecular weight is 166 g/mol. The minimum absolute atomic E-state index is 0.130. The topological polar surface area (TPSA) is 34.1 Å². The second kappa shape index (κ2) is 3.26. The van der Waals surface area contributed by atoms with Crippen LogP contribution in [0.2, 0.25) is 0 Å². The van der Waals surface area contributed by atoms with Crippen LogP contribution in [0.3, 0.4) is 0 Å². The predicted octanol–water partition coefficient (Wildman–Crippen LogP) is 2.00. The van der Waals surface area contributed by atoms with Gasteiger partial charge in [0.15, 0.2) is 5.78 Å². The molecule has 0 aliphatic heterocycles. The number of hydrogen-bond donors (Lipinski definition) is 0. The zero-order valence-corrected chi connectivity index (χ0v) is 6.50. The molecule has 0 bridgehead atoms. The highest BCUT2D eigenvalue weighted by Gasteiger charge is 2.11. The molecule has 1 rings (SSSR count). The number of carbonyl (C=O) groups excluding carboxylic acids is 2. The lowest BCUT2D eigenvalue weighted by atomic mass is 10.1. The van der Waals surface area contributed by atoms with Crippen LogP contribution >= 0.6 is 0 Å². The molecule has 0 radical (unpaired) electrons. The van der Waals surface area contributed by atoms with Crippen LogP contribution in [0.25, 0.3) is 0 Å². The standard InChI is InChI=1S/C9H7FO2/c1-6(11)7-4-2-3-5-8(7)9(10)12/h2-5H,1H3. The van der Waals surface area contributed by atoms with Crippen LogP contribution in [0.5, 0.6) is 0 Å². The van der Waals surface area contributed by atoms with Crippen molar-refractivity contribution < 1.29 is 14.0 Å². The first-order valence-electron chi connectivity index (χ1n) is 3.42. The molecule has 0 spiro atoms. The average Bonchev–Trinajstić information content (AvgIpc) is 2.04. The molecule has 3 heteroatoms. The first-order chi connectivity index (χ1) is 5.63. The fourth-order valence-electron chi connectivity index (χ4n) is 0.962. The Labute approximate surface area is 69.0 Å². The maximum atomic E-state index is 12.3. The second-order valence-corrected chi connectivity index (χ2v) is 2.38. The molecule has 0 saturated carbocycles. The summed E-state index contributed by atoms with van der Waals surface area (Å²) in [5.41, 5.74) is -0.0324. The van der Waals surface area contributed by atoms with Crippen LogP contribution in [-0.2, 0) is 0 Å². The van der Waals surface area contributed by atoms with Crippen molar-refractivity contribution in [2.45, 2.75) is 6.92 Å². The number of Topliss-reactive ketones (excluding diaryl/α,β-unsaturated/α-hetero) is 1. The molecule has 0 aliphatic carbocycles. The molecule has 0 unspecified atom stereocenters. The monoisotopic (exact) mass is 166 g/mol. The van der Waals surface area contributed by atoms with E-state index >= 15 is 0 Å². The fraction of sp³-hybridized carbons (Fsp3) is 0.111. The molecule has 0 N–H and O–H groups in total. The lowest BCUT2D eigenvalue weighted by Crippen LogP contribution is -2.01. The molecular weight excluding hydrogens is 159 g/mol. The minimum atomic E-state index is -1.57. The summed E-state index contributed by atoms with van der Waals surface area (Å²) in [6.07, 6.45) is 0. The Morgan fingerprint density at radius 1 is 1.17 bits per heavy atom. The Hall–Kier alpha value is -1.51. The fourth-order valence-corrected chi connectivity index (χ4v) is 0.962. The number of benzene rings is 1. The van der Waals surface area contributed by atoms with Crippen molar-refractivity contribution in [3.8, 4) is 0 Å². The summed E-state index contributed by atoms with van der Waals surface area (Å²) in [6, 6.07) is 4.25. The quantitative estimate of drug-likeness (QED) is 0.497. The van der Waals surface area contributed by atoms with Crippen LogP contribution < -0.4 is 0 Å². The molecule has 0 saturated heterocycles. The third-order valence-corrected chi connectivity index (χ3v) is 1.52. The molecule has 2 nitrogen and oxygen atoms in total. The van der Waals surface area contributed by atoms with Gasteiger partial charge in [-0.25, -0.2) is 0 Å². The van der Waals surface area contributed by atoms with Gasteiger partial charge in [-0.15, -0.1) is 0 Å². The number of halogens is 1. The van der Waals surface area contributed by atoms with Crippen LogP contribution in [0.1, 0.15) is 27.6 Å². The van der Waals surface area contributed by atoms with E-state index in [1.54, 1.807) is 6.07 Å². The van der Waals surface area contributed by atoms with Crippen molar-refractivity contribution in [3.63, 3.8) is 0 Å². The smallest absolute Gasteiger partial charge is 0.294 e. The van der Waals surface area contributed by atoms with Crippen molar-refractivity contribution in [1.29, 1.82) is 0 Å². The molecular formula is C9H7FO2. The maximum absolute atomic E-state index is 12.3. The molecule has 1 aromatic carbocycles. The summed E-state index contributed by atoms with van der Waals surface area (Å²) in [4.78, 5) is 21.2. The van der Waals surface area contributed by atoms with Gasteiger partial charge in [0.1, 0.15) is 0 Å². The molecule has 0 amide bonds.